The molecule has 2 aromatic rings. The van der Waals surface area contributed by atoms with Crippen molar-refractivity contribution in [3.05, 3.63) is 12.7 Å². The van der Waals surface area contributed by atoms with Crippen LogP contribution in [0.4, 0.5) is 5.82 Å². The van der Waals surface area contributed by atoms with Crippen molar-refractivity contribution in [1.82, 2.24) is 19.5 Å². The van der Waals surface area contributed by atoms with Gasteiger partial charge in [0.2, 0.25) is 0 Å². The first-order chi connectivity index (χ1) is 16.4. The second-order valence-electron chi connectivity index (χ2n) is 7.67. The molecule has 0 aliphatic carbocycles. The minimum absolute atomic E-state index is 0.0308. The lowest BCUT2D eigenvalue weighted by Crippen LogP contribution is -2.34. The van der Waals surface area contributed by atoms with Gasteiger partial charge in [-0.05, 0) is 0 Å². The molecule has 18 nitrogen and oxygen atoms in total. The number of nitrogen functional groups attached to an aromatic ring is 1. The predicted octanol–water partition coefficient (Wildman–Crippen LogP) is -2.25. The molecule has 4 heterocycles. The van der Waals surface area contributed by atoms with Gasteiger partial charge >= 0.3 is 15.6 Å². The van der Waals surface area contributed by atoms with Gasteiger partial charge in [0.1, 0.15) is 42.5 Å². The van der Waals surface area contributed by atoms with Crippen LogP contribution in [0.3, 0.4) is 0 Å². The minimum atomic E-state index is -5.23. The summed E-state index contributed by atoms with van der Waals surface area (Å²) in [6.45, 7) is -1.58. The molecule has 0 bridgehead atoms. The number of anilines is 1. The molecule has 8 N–H and O–H groups in total. The van der Waals surface area contributed by atoms with E-state index in [1.165, 1.54) is 17.2 Å². The first kappa shape index (κ1) is 26.4. The second-order valence-corrected chi connectivity index (χ2v) is 10.7. The van der Waals surface area contributed by atoms with Crippen LogP contribution in [0.25, 0.3) is 11.2 Å². The van der Waals surface area contributed by atoms with Crippen LogP contribution in [0.2, 0.25) is 0 Å². The molecule has 2 unspecified atom stereocenters. The maximum atomic E-state index is 12.1. The first-order valence-electron chi connectivity index (χ1n) is 9.99. The minimum Gasteiger partial charge on any atom is -0.390 e. The van der Waals surface area contributed by atoms with Gasteiger partial charge in [0.25, 0.3) is 0 Å². The van der Waals surface area contributed by atoms with Crippen LogP contribution >= 0.6 is 15.6 Å². The van der Waals surface area contributed by atoms with Gasteiger partial charge in [-0.25, -0.2) is 24.1 Å². The van der Waals surface area contributed by atoms with E-state index in [1.54, 1.807) is 0 Å². The molecule has 2 saturated heterocycles. The third-order valence-electron chi connectivity index (χ3n) is 5.25. The van der Waals surface area contributed by atoms with Gasteiger partial charge in [0.05, 0.1) is 25.6 Å². The molecule has 0 radical (unpaired) electrons. The Morgan fingerprint density at radius 2 is 1.66 bits per heavy atom. The van der Waals surface area contributed by atoms with Crippen molar-refractivity contribution in [2.45, 2.75) is 49.5 Å². The topological polar surface area (TPSA) is 271 Å². The molecule has 9 atom stereocenters. The molecule has 20 heteroatoms. The average molecular weight is 543 g/mol. The van der Waals surface area contributed by atoms with Crippen LogP contribution in [0.5, 0.6) is 0 Å². The number of aliphatic hydroxyl groups excluding tert-OH is 4. The Balaban J connectivity index is 1.30. The van der Waals surface area contributed by atoms with Crippen LogP contribution in [0, 0.1) is 0 Å². The van der Waals surface area contributed by atoms with Crippen LogP contribution < -0.4 is 5.73 Å². The summed E-state index contributed by atoms with van der Waals surface area (Å²) in [7, 11) is -10.4. The summed E-state index contributed by atoms with van der Waals surface area (Å²) in [5.41, 5.74) is 6.39. The van der Waals surface area contributed by atoms with E-state index in [1.807, 2.05) is 0 Å². The Labute approximate surface area is 196 Å². The lowest BCUT2D eigenvalue weighted by Gasteiger charge is -2.20. The maximum absolute atomic E-state index is 12.1. The summed E-state index contributed by atoms with van der Waals surface area (Å²) in [6, 6.07) is 0. The quantitative estimate of drug-likeness (QED) is 0.164. The Bertz CT molecular complexity index is 1150. The number of hydrogen-bond donors (Lipinski definition) is 7. The number of nitrogens with zero attached hydrogens (tertiary/aromatic N) is 4. The fourth-order valence-electron chi connectivity index (χ4n) is 3.50. The van der Waals surface area contributed by atoms with Gasteiger partial charge < -0.3 is 45.4 Å². The zero-order valence-corrected chi connectivity index (χ0v) is 19.4. The number of ether oxygens (including phenoxy) is 2. The number of aromatic nitrogens is 4. The Kier molecular flexibility index (Phi) is 7.57. The predicted molar refractivity (Wildman–Crippen MR) is 110 cm³/mol. The molecule has 0 amide bonds. The Morgan fingerprint density at radius 1 is 1.00 bits per heavy atom. The zero-order chi connectivity index (χ0) is 25.5. The number of phosphoric ester groups is 2. The SMILES string of the molecule is Nc1ncnc2c1ncn2[C@H]1C[C@H](O)[C@@H](COP(=O)(O)OP(=O)(O)OC[C@H]2O[C@@H](O)[C@H](O)[C@@H]2O)O1. The zero-order valence-electron chi connectivity index (χ0n) is 17.6. The number of hydrogen-bond acceptors (Lipinski definition) is 15. The van der Waals surface area contributed by atoms with Gasteiger partial charge in [-0.1, -0.05) is 0 Å². The highest BCUT2D eigenvalue weighted by molar-refractivity contribution is 7.61. The standard InChI is InChI=1S/C15H23N5O13P2/c16-13-10-14(18-4-17-13)20(5-19-10)9-1-6(21)7(31-9)2-29-34(25,26)33-35(27,28)30-3-8-11(22)12(23)15(24)32-8/h4-9,11-12,15,21-24H,1-3H2,(H,25,26)(H,27,28)(H2,16,17,18)/t6-,7+,8+,9+,11+,12+,15+/m0/s1. The third kappa shape index (κ3) is 5.86. The van der Waals surface area contributed by atoms with E-state index >= 15 is 0 Å². The molecular weight excluding hydrogens is 520 g/mol. The average Bonchev–Trinajstić information content (AvgIpc) is 3.43. The number of phosphoric acid groups is 2. The van der Waals surface area contributed by atoms with E-state index < -0.39 is 71.9 Å². The van der Waals surface area contributed by atoms with Gasteiger partial charge in [0.15, 0.2) is 17.8 Å². The molecule has 4 rings (SSSR count). The highest BCUT2D eigenvalue weighted by atomic mass is 31.3. The van der Waals surface area contributed by atoms with E-state index in [-0.39, 0.29) is 12.2 Å². The van der Waals surface area contributed by atoms with Crippen molar-refractivity contribution in [3.63, 3.8) is 0 Å². The van der Waals surface area contributed by atoms with Crippen molar-refractivity contribution >= 4 is 32.6 Å². The third-order valence-corrected chi connectivity index (χ3v) is 7.85. The molecular formula is C15H23N5O13P2. The van der Waals surface area contributed by atoms with Crippen LogP contribution in [-0.2, 0) is 32.0 Å². The van der Waals surface area contributed by atoms with E-state index in [4.69, 9.17) is 15.2 Å². The molecule has 2 aliphatic rings. The van der Waals surface area contributed by atoms with Crippen molar-refractivity contribution in [3.8, 4) is 0 Å². The lowest BCUT2D eigenvalue weighted by atomic mass is 10.1. The molecule has 2 fully saturated rings. The molecule has 2 aliphatic heterocycles. The summed E-state index contributed by atoms with van der Waals surface area (Å²) < 4.78 is 49.3. The maximum Gasteiger partial charge on any atom is 0.481 e. The highest BCUT2D eigenvalue weighted by Gasteiger charge is 2.45. The number of rotatable bonds is 9. The summed E-state index contributed by atoms with van der Waals surface area (Å²) in [4.78, 5) is 31.5. The Morgan fingerprint density at radius 3 is 2.29 bits per heavy atom. The largest absolute Gasteiger partial charge is 0.481 e. The van der Waals surface area contributed by atoms with Crippen molar-refractivity contribution < 1.29 is 62.2 Å². The van der Waals surface area contributed by atoms with Gasteiger partial charge in [-0.2, -0.15) is 4.31 Å². The number of nitrogens with two attached hydrogens (primary N) is 1. The van der Waals surface area contributed by atoms with Gasteiger partial charge in [-0.15, -0.1) is 0 Å². The normalized spacial score (nSPS) is 34.7. The molecule has 2 aromatic heterocycles. The molecule has 0 spiro atoms. The molecule has 35 heavy (non-hydrogen) atoms. The van der Waals surface area contributed by atoms with Crippen LogP contribution in [0.1, 0.15) is 12.6 Å². The summed E-state index contributed by atoms with van der Waals surface area (Å²) in [5, 5.41) is 38.6. The molecule has 0 saturated carbocycles. The summed E-state index contributed by atoms with van der Waals surface area (Å²) in [6.07, 6.45) is -6.95. The van der Waals surface area contributed by atoms with E-state index in [0.717, 1.165) is 0 Å². The fourth-order valence-corrected chi connectivity index (χ4v) is 5.59. The van der Waals surface area contributed by atoms with Crippen molar-refractivity contribution in [2.24, 2.45) is 0 Å². The molecule has 0 aromatic carbocycles. The number of imidazole rings is 1. The van der Waals surface area contributed by atoms with Crippen LogP contribution in [-0.4, -0.2) is 99.8 Å². The smallest absolute Gasteiger partial charge is 0.390 e. The number of fused-ring (bicyclic) bond motifs is 1. The molecule has 196 valence electrons. The van der Waals surface area contributed by atoms with E-state index in [0.29, 0.717) is 11.2 Å². The monoisotopic (exact) mass is 543 g/mol. The van der Waals surface area contributed by atoms with Crippen molar-refractivity contribution in [1.29, 1.82) is 0 Å². The second kappa shape index (κ2) is 10.0. The van der Waals surface area contributed by atoms with E-state index in [2.05, 4.69) is 28.3 Å². The lowest BCUT2D eigenvalue weighted by molar-refractivity contribution is -0.132. The van der Waals surface area contributed by atoms with Gasteiger partial charge in [-0.3, -0.25) is 13.6 Å². The highest BCUT2D eigenvalue weighted by Crippen LogP contribution is 2.60. The summed E-state index contributed by atoms with van der Waals surface area (Å²) >= 11 is 0. The summed E-state index contributed by atoms with van der Waals surface area (Å²) in [5.74, 6) is 0.141. The Hall–Kier alpha value is -1.63. The van der Waals surface area contributed by atoms with Crippen molar-refractivity contribution in [2.75, 3.05) is 18.9 Å². The van der Waals surface area contributed by atoms with Gasteiger partial charge in [0, 0.05) is 6.42 Å². The van der Waals surface area contributed by atoms with E-state index in [9.17, 15) is 39.3 Å². The van der Waals surface area contributed by atoms with Crippen LogP contribution in [0.15, 0.2) is 12.7 Å². The number of aliphatic hydroxyl groups is 4. The fraction of sp³-hybridized carbons (Fsp3) is 0.667. The first-order valence-corrected chi connectivity index (χ1v) is 13.0.